The lowest BCUT2D eigenvalue weighted by molar-refractivity contribution is 0.955. The van der Waals surface area contributed by atoms with E-state index in [1.807, 2.05) is 18.2 Å². The summed E-state index contributed by atoms with van der Waals surface area (Å²) in [5.74, 6) is 1.87. The number of para-hydroxylation sites is 1. The van der Waals surface area contributed by atoms with Gasteiger partial charge < -0.3 is 0 Å². The average molecular weight is 599 g/mol. The Morgan fingerprint density at radius 2 is 0.979 bits per heavy atom. The van der Waals surface area contributed by atoms with Crippen LogP contribution in [0.25, 0.3) is 93.6 Å². The van der Waals surface area contributed by atoms with Crippen LogP contribution in [0, 0.1) is 0 Å². The molecule has 2 heterocycles. The first-order chi connectivity index (χ1) is 23.3. The number of rotatable bonds is 3. The third-order valence-electron chi connectivity index (χ3n) is 9.39. The van der Waals surface area contributed by atoms with E-state index in [1.54, 1.807) is 0 Å². The smallest absolute Gasteiger partial charge is 0.238 e. The highest BCUT2D eigenvalue weighted by Gasteiger charge is 2.22. The molecule has 4 heteroatoms. The van der Waals surface area contributed by atoms with Crippen molar-refractivity contribution in [3.8, 4) is 28.7 Å². The lowest BCUT2D eigenvalue weighted by Gasteiger charge is -2.14. The zero-order valence-corrected chi connectivity index (χ0v) is 25.3. The third kappa shape index (κ3) is 3.92. The second-order valence-electron chi connectivity index (χ2n) is 12.0. The molecule has 0 unspecified atom stereocenters. The zero-order chi connectivity index (χ0) is 30.9. The Labute approximate surface area is 270 Å². The van der Waals surface area contributed by atoms with Crippen molar-refractivity contribution in [2.24, 2.45) is 0 Å². The van der Waals surface area contributed by atoms with Gasteiger partial charge >= 0.3 is 0 Å². The van der Waals surface area contributed by atoms with E-state index in [1.165, 1.54) is 43.1 Å². The Hall–Kier alpha value is -6.39. The van der Waals surface area contributed by atoms with E-state index in [0.29, 0.717) is 17.6 Å². The first kappa shape index (κ1) is 25.9. The molecule has 0 fully saturated rings. The molecule has 0 N–H and O–H groups in total. The number of aromatic nitrogens is 4. The van der Waals surface area contributed by atoms with Gasteiger partial charge in [0.1, 0.15) is 0 Å². The fraction of sp³-hybridized carbons (Fsp3) is 0. The van der Waals surface area contributed by atoms with Crippen LogP contribution in [0.5, 0.6) is 0 Å². The van der Waals surface area contributed by atoms with E-state index >= 15 is 0 Å². The SMILES string of the molecule is c1ccc(-c2nc(-c3ccc4ccccc4c3)nc(-n3c4ccccc4c4c5c6ccccc6ccc5c5ccccc5c43)n2)cc1. The van der Waals surface area contributed by atoms with Gasteiger partial charge in [-0.05, 0) is 44.5 Å². The first-order valence-corrected chi connectivity index (χ1v) is 15.9. The molecule has 4 nitrogen and oxygen atoms in total. The Kier molecular flexibility index (Phi) is 5.54. The van der Waals surface area contributed by atoms with Gasteiger partial charge in [0.25, 0.3) is 0 Å². The molecular formula is C43H26N4. The molecular weight excluding hydrogens is 573 g/mol. The molecule has 47 heavy (non-hydrogen) atoms. The van der Waals surface area contributed by atoms with Gasteiger partial charge in [-0.2, -0.15) is 9.97 Å². The summed E-state index contributed by atoms with van der Waals surface area (Å²) < 4.78 is 2.26. The van der Waals surface area contributed by atoms with Crippen molar-refractivity contribution >= 4 is 64.9 Å². The van der Waals surface area contributed by atoms with Crippen LogP contribution in [0.4, 0.5) is 0 Å². The van der Waals surface area contributed by atoms with Crippen LogP contribution in [0.15, 0.2) is 158 Å². The maximum absolute atomic E-state index is 5.27. The van der Waals surface area contributed by atoms with Gasteiger partial charge in [0.2, 0.25) is 5.95 Å². The summed E-state index contributed by atoms with van der Waals surface area (Å²) in [4.78, 5) is 15.6. The summed E-state index contributed by atoms with van der Waals surface area (Å²) in [7, 11) is 0. The van der Waals surface area contributed by atoms with Gasteiger partial charge in [0.15, 0.2) is 11.6 Å². The van der Waals surface area contributed by atoms with Crippen LogP contribution < -0.4 is 0 Å². The molecule has 0 amide bonds. The summed E-state index contributed by atoms with van der Waals surface area (Å²) in [6.07, 6.45) is 0. The van der Waals surface area contributed by atoms with Gasteiger partial charge in [0, 0.05) is 32.7 Å². The normalized spacial score (nSPS) is 11.8. The third-order valence-corrected chi connectivity index (χ3v) is 9.39. The molecule has 0 atom stereocenters. The minimum Gasteiger partial charge on any atom is -0.277 e. The Morgan fingerprint density at radius 1 is 0.362 bits per heavy atom. The molecule has 0 bridgehead atoms. The summed E-state index contributed by atoms with van der Waals surface area (Å²) in [6, 6.07) is 55.6. The van der Waals surface area contributed by atoms with E-state index in [0.717, 1.165) is 32.9 Å². The molecule has 2 aromatic heterocycles. The minimum absolute atomic E-state index is 0.595. The van der Waals surface area contributed by atoms with Gasteiger partial charge in [-0.15, -0.1) is 0 Å². The topological polar surface area (TPSA) is 43.6 Å². The van der Waals surface area contributed by atoms with Crippen molar-refractivity contribution in [1.82, 2.24) is 19.5 Å². The van der Waals surface area contributed by atoms with Gasteiger partial charge in [0.05, 0.1) is 11.0 Å². The summed E-state index contributed by atoms with van der Waals surface area (Å²) >= 11 is 0. The second kappa shape index (κ2) is 10.1. The van der Waals surface area contributed by atoms with E-state index in [2.05, 4.69) is 144 Å². The molecule has 0 saturated carbocycles. The van der Waals surface area contributed by atoms with Crippen molar-refractivity contribution in [1.29, 1.82) is 0 Å². The van der Waals surface area contributed by atoms with Crippen molar-refractivity contribution < 1.29 is 0 Å². The van der Waals surface area contributed by atoms with Crippen molar-refractivity contribution in [2.75, 3.05) is 0 Å². The number of fused-ring (bicyclic) bond motifs is 11. The van der Waals surface area contributed by atoms with Gasteiger partial charge in [-0.1, -0.05) is 146 Å². The fourth-order valence-corrected chi connectivity index (χ4v) is 7.28. The van der Waals surface area contributed by atoms with Crippen LogP contribution in [-0.2, 0) is 0 Å². The van der Waals surface area contributed by atoms with Gasteiger partial charge in [-0.3, -0.25) is 4.57 Å². The molecule has 0 aliphatic rings. The first-order valence-electron chi connectivity index (χ1n) is 15.9. The minimum atomic E-state index is 0.595. The van der Waals surface area contributed by atoms with Crippen LogP contribution in [-0.4, -0.2) is 19.5 Å². The average Bonchev–Trinajstić information content (AvgIpc) is 3.50. The fourth-order valence-electron chi connectivity index (χ4n) is 7.28. The lowest BCUT2D eigenvalue weighted by Crippen LogP contribution is -2.06. The predicted octanol–water partition coefficient (Wildman–Crippen LogP) is 10.9. The van der Waals surface area contributed by atoms with Crippen molar-refractivity contribution in [3.63, 3.8) is 0 Å². The number of hydrogen-bond acceptors (Lipinski definition) is 3. The highest BCUT2D eigenvalue weighted by Crippen LogP contribution is 2.44. The highest BCUT2D eigenvalue weighted by molar-refractivity contribution is 6.36. The quantitative estimate of drug-likeness (QED) is 0.190. The van der Waals surface area contributed by atoms with E-state index < -0.39 is 0 Å². The lowest BCUT2D eigenvalue weighted by atomic mass is 9.93. The Bertz CT molecular complexity index is 2850. The predicted molar refractivity (Wildman–Crippen MR) is 195 cm³/mol. The number of benzene rings is 8. The monoisotopic (exact) mass is 598 g/mol. The maximum atomic E-state index is 5.27. The highest BCUT2D eigenvalue weighted by atomic mass is 15.2. The molecule has 0 aliphatic carbocycles. The van der Waals surface area contributed by atoms with E-state index in [9.17, 15) is 0 Å². The van der Waals surface area contributed by atoms with Crippen LogP contribution in [0.1, 0.15) is 0 Å². The second-order valence-corrected chi connectivity index (χ2v) is 12.0. The Balaban J connectivity index is 1.39. The maximum Gasteiger partial charge on any atom is 0.238 e. The van der Waals surface area contributed by atoms with Crippen LogP contribution >= 0.6 is 0 Å². The van der Waals surface area contributed by atoms with Gasteiger partial charge in [-0.25, -0.2) is 4.98 Å². The largest absolute Gasteiger partial charge is 0.277 e. The van der Waals surface area contributed by atoms with Crippen LogP contribution in [0.3, 0.4) is 0 Å². The summed E-state index contributed by atoms with van der Waals surface area (Å²) in [6.45, 7) is 0. The van der Waals surface area contributed by atoms with E-state index in [4.69, 9.17) is 15.0 Å². The molecule has 10 rings (SSSR count). The number of hydrogen-bond donors (Lipinski definition) is 0. The molecule has 0 radical (unpaired) electrons. The molecule has 0 spiro atoms. The Morgan fingerprint density at radius 3 is 1.81 bits per heavy atom. The standard InChI is InChI=1S/C43H26N4/c1-2-14-29(15-3-1)41-44-42(31-23-22-27-12-4-5-16-30(27)26-31)46-43(45-41)47-37-21-11-10-20-36(37)39-38-32-17-7-6-13-28(32)24-25-34(38)33-18-8-9-19-35(33)40(39)47/h1-26H. The number of nitrogens with zero attached hydrogens (tertiary/aromatic N) is 4. The zero-order valence-electron chi connectivity index (χ0n) is 25.3. The molecule has 0 aliphatic heterocycles. The summed E-state index contributed by atoms with van der Waals surface area (Å²) in [5.41, 5.74) is 4.05. The molecule has 10 aromatic rings. The van der Waals surface area contributed by atoms with E-state index in [-0.39, 0.29) is 0 Å². The van der Waals surface area contributed by atoms with Crippen molar-refractivity contribution in [2.45, 2.75) is 0 Å². The molecule has 8 aromatic carbocycles. The molecule has 218 valence electrons. The molecule has 0 saturated heterocycles. The summed E-state index contributed by atoms with van der Waals surface area (Å²) in [5, 5.41) is 12.0. The van der Waals surface area contributed by atoms with Crippen LogP contribution in [0.2, 0.25) is 0 Å². The van der Waals surface area contributed by atoms with Crippen molar-refractivity contribution in [3.05, 3.63) is 158 Å².